The summed E-state index contributed by atoms with van der Waals surface area (Å²) in [5.41, 5.74) is -0.0342. The van der Waals surface area contributed by atoms with Gasteiger partial charge in [0.15, 0.2) is 0 Å². The van der Waals surface area contributed by atoms with Crippen molar-refractivity contribution in [1.29, 1.82) is 0 Å². The van der Waals surface area contributed by atoms with E-state index in [1.165, 1.54) is 0 Å². The van der Waals surface area contributed by atoms with Crippen molar-refractivity contribution < 1.29 is 4.79 Å². The lowest BCUT2D eigenvalue weighted by molar-refractivity contribution is 0.168. The molecule has 0 aliphatic carbocycles. The van der Waals surface area contributed by atoms with Crippen molar-refractivity contribution in [2.45, 2.75) is 53.0 Å². The summed E-state index contributed by atoms with van der Waals surface area (Å²) in [6.45, 7) is 13.2. The minimum absolute atomic E-state index is 0.0271. The number of rotatable bonds is 3. The van der Waals surface area contributed by atoms with Crippen molar-refractivity contribution in [1.82, 2.24) is 15.5 Å². The summed E-state index contributed by atoms with van der Waals surface area (Å²) in [6, 6.07) is -0.0271. The van der Waals surface area contributed by atoms with Gasteiger partial charge in [0, 0.05) is 25.2 Å². The molecule has 0 aromatic heterocycles. The first-order valence-electron chi connectivity index (χ1n) is 7.16. The zero-order chi connectivity index (χ0) is 14.2. The quantitative estimate of drug-likeness (QED) is 0.815. The molecule has 1 aliphatic rings. The summed E-state index contributed by atoms with van der Waals surface area (Å²) >= 11 is 0. The Labute approximate surface area is 113 Å². The number of carbonyl (C=O) groups is 1. The fourth-order valence-corrected chi connectivity index (χ4v) is 1.85. The van der Waals surface area contributed by atoms with Crippen molar-refractivity contribution in [2.75, 3.05) is 26.7 Å². The third-order valence-corrected chi connectivity index (χ3v) is 3.18. The smallest absolute Gasteiger partial charge is 0.315 e. The highest BCUT2D eigenvalue weighted by molar-refractivity contribution is 5.74. The minimum Gasteiger partial charge on any atom is -0.338 e. The van der Waals surface area contributed by atoms with Crippen LogP contribution in [-0.2, 0) is 0 Å². The van der Waals surface area contributed by atoms with Crippen molar-refractivity contribution in [2.24, 2.45) is 5.92 Å². The van der Waals surface area contributed by atoms with Gasteiger partial charge in [-0.3, -0.25) is 0 Å². The number of hydrogen-bond acceptors (Lipinski definition) is 2. The number of nitrogens with one attached hydrogen (secondary N) is 2. The summed E-state index contributed by atoms with van der Waals surface area (Å²) < 4.78 is 0. The van der Waals surface area contributed by atoms with Gasteiger partial charge in [-0.25, -0.2) is 4.79 Å². The van der Waals surface area contributed by atoms with Crippen LogP contribution in [0.4, 0.5) is 4.79 Å². The molecule has 2 N–H and O–H groups in total. The summed E-state index contributed by atoms with van der Waals surface area (Å²) in [6.07, 6.45) is 2.05. The van der Waals surface area contributed by atoms with Crippen LogP contribution in [0, 0.1) is 5.92 Å². The van der Waals surface area contributed by atoms with Crippen LogP contribution in [0.25, 0.3) is 0 Å². The molecule has 0 aromatic rings. The van der Waals surface area contributed by atoms with Crippen LogP contribution in [0.3, 0.4) is 0 Å². The zero-order valence-electron chi connectivity index (χ0n) is 13.0. The molecule has 0 radical (unpaired) electrons. The second-order valence-corrected chi connectivity index (χ2v) is 5.59. The lowest BCUT2D eigenvalue weighted by Crippen LogP contribution is -2.55. The number of piperidine rings is 1. The predicted octanol–water partition coefficient (Wildman–Crippen LogP) is 2.45. The van der Waals surface area contributed by atoms with Gasteiger partial charge in [0.05, 0.1) is 0 Å². The fourth-order valence-electron chi connectivity index (χ4n) is 1.85. The minimum atomic E-state index is -0.0342. The van der Waals surface area contributed by atoms with Gasteiger partial charge >= 0.3 is 6.03 Å². The van der Waals surface area contributed by atoms with Gasteiger partial charge in [0.2, 0.25) is 0 Å². The summed E-state index contributed by atoms with van der Waals surface area (Å²) in [7, 11) is 2.12. The Balaban J connectivity index is 0.00000137. The van der Waals surface area contributed by atoms with E-state index in [9.17, 15) is 4.79 Å². The number of nitrogens with zero attached hydrogens (tertiary/aromatic N) is 1. The van der Waals surface area contributed by atoms with E-state index in [1.54, 1.807) is 0 Å². The first kappa shape index (κ1) is 17.2. The van der Waals surface area contributed by atoms with E-state index >= 15 is 0 Å². The number of amides is 2. The molecule has 0 saturated carbocycles. The Kier molecular flexibility index (Phi) is 8.00. The average molecular weight is 257 g/mol. The predicted molar refractivity (Wildman–Crippen MR) is 77.9 cm³/mol. The average Bonchev–Trinajstić information content (AvgIpc) is 2.33. The first-order chi connectivity index (χ1) is 8.41. The molecule has 0 aromatic carbocycles. The van der Waals surface area contributed by atoms with Crippen LogP contribution in [-0.4, -0.2) is 43.2 Å². The van der Waals surface area contributed by atoms with Gasteiger partial charge in [0.25, 0.3) is 0 Å². The van der Waals surface area contributed by atoms with Gasteiger partial charge in [-0.2, -0.15) is 0 Å². The number of hydrogen-bond donors (Lipinski definition) is 2. The van der Waals surface area contributed by atoms with E-state index in [4.69, 9.17) is 0 Å². The van der Waals surface area contributed by atoms with Crippen LogP contribution in [0.5, 0.6) is 0 Å². The SMILES string of the molecule is CC.CC(C)CNC(=O)NC1(C)CCN(C)CC1. The fraction of sp³-hybridized carbons (Fsp3) is 0.929. The number of likely N-dealkylation sites (tertiary alicyclic amines) is 1. The first-order valence-corrected chi connectivity index (χ1v) is 7.16. The van der Waals surface area contributed by atoms with Crippen molar-refractivity contribution in [3.63, 3.8) is 0 Å². The van der Waals surface area contributed by atoms with Crippen molar-refractivity contribution >= 4 is 6.03 Å². The summed E-state index contributed by atoms with van der Waals surface area (Å²) in [5.74, 6) is 0.496. The highest BCUT2D eigenvalue weighted by Gasteiger charge is 2.30. The molecule has 1 saturated heterocycles. The van der Waals surface area contributed by atoms with E-state index in [0.29, 0.717) is 5.92 Å². The Morgan fingerprint density at radius 3 is 2.22 bits per heavy atom. The van der Waals surface area contributed by atoms with Crippen LogP contribution < -0.4 is 10.6 Å². The van der Waals surface area contributed by atoms with Gasteiger partial charge in [-0.15, -0.1) is 0 Å². The van der Waals surface area contributed by atoms with Crippen LogP contribution in [0.2, 0.25) is 0 Å². The lowest BCUT2D eigenvalue weighted by Gasteiger charge is -2.38. The third kappa shape index (κ3) is 6.84. The largest absolute Gasteiger partial charge is 0.338 e. The van der Waals surface area contributed by atoms with E-state index in [-0.39, 0.29) is 11.6 Å². The Hall–Kier alpha value is -0.770. The number of carbonyl (C=O) groups excluding carboxylic acids is 1. The number of urea groups is 1. The molecule has 108 valence electrons. The molecule has 1 aliphatic heterocycles. The van der Waals surface area contributed by atoms with E-state index in [1.807, 2.05) is 13.8 Å². The van der Waals surface area contributed by atoms with E-state index in [0.717, 1.165) is 32.5 Å². The van der Waals surface area contributed by atoms with Crippen LogP contribution in [0.1, 0.15) is 47.5 Å². The second-order valence-electron chi connectivity index (χ2n) is 5.59. The van der Waals surface area contributed by atoms with Crippen LogP contribution in [0.15, 0.2) is 0 Å². The Morgan fingerprint density at radius 2 is 1.78 bits per heavy atom. The molecule has 4 nitrogen and oxygen atoms in total. The molecular weight excluding hydrogens is 226 g/mol. The maximum atomic E-state index is 11.7. The Bertz CT molecular complexity index is 233. The molecule has 4 heteroatoms. The van der Waals surface area contributed by atoms with E-state index < -0.39 is 0 Å². The van der Waals surface area contributed by atoms with Crippen molar-refractivity contribution in [3.05, 3.63) is 0 Å². The maximum Gasteiger partial charge on any atom is 0.315 e. The molecular formula is C14H31N3O. The highest BCUT2D eigenvalue weighted by Crippen LogP contribution is 2.20. The second kappa shape index (κ2) is 8.35. The molecule has 1 fully saturated rings. The third-order valence-electron chi connectivity index (χ3n) is 3.18. The van der Waals surface area contributed by atoms with Crippen LogP contribution >= 0.6 is 0 Å². The van der Waals surface area contributed by atoms with E-state index in [2.05, 4.69) is 43.4 Å². The topological polar surface area (TPSA) is 44.4 Å². The van der Waals surface area contributed by atoms with Gasteiger partial charge in [-0.1, -0.05) is 27.7 Å². The monoisotopic (exact) mass is 257 g/mol. The summed E-state index contributed by atoms with van der Waals surface area (Å²) in [5, 5.41) is 6.00. The zero-order valence-corrected chi connectivity index (χ0v) is 13.0. The normalized spacial score (nSPS) is 18.8. The van der Waals surface area contributed by atoms with Gasteiger partial charge in [0.1, 0.15) is 0 Å². The molecule has 0 atom stereocenters. The highest BCUT2D eigenvalue weighted by atomic mass is 16.2. The summed E-state index contributed by atoms with van der Waals surface area (Å²) in [4.78, 5) is 14.0. The Morgan fingerprint density at radius 1 is 1.28 bits per heavy atom. The standard InChI is InChI=1S/C12H25N3O.C2H6/c1-10(2)9-13-11(16)14-12(3)5-7-15(4)8-6-12;1-2/h10H,5-9H2,1-4H3,(H2,13,14,16);1-2H3. The van der Waals surface area contributed by atoms with Crippen molar-refractivity contribution in [3.8, 4) is 0 Å². The molecule has 0 bridgehead atoms. The maximum absolute atomic E-state index is 11.7. The molecule has 2 amide bonds. The molecule has 1 rings (SSSR count). The van der Waals surface area contributed by atoms with Gasteiger partial charge < -0.3 is 15.5 Å². The molecule has 1 heterocycles. The lowest BCUT2D eigenvalue weighted by atomic mass is 9.90. The molecule has 0 spiro atoms. The molecule has 18 heavy (non-hydrogen) atoms. The van der Waals surface area contributed by atoms with Gasteiger partial charge in [-0.05, 0) is 32.7 Å². The molecule has 0 unspecified atom stereocenters.